The van der Waals surface area contributed by atoms with E-state index >= 15 is 0 Å². The summed E-state index contributed by atoms with van der Waals surface area (Å²) in [5.74, 6) is -2.41. The Morgan fingerprint density at radius 3 is 2.15 bits per heavy atom. The minimum absolute atomic E-state index is 0.0872. The molecule has 1 amide bonds. The molecule has 2 rings (SSSR count). The van der Waals surface area contributed by atoms with Crippen LogP contribution in [0.1, 0.15) is 19.4 Å². The van der Waals surface area contributed by atoms with Crippen LogP contribution in [-0.4, -0.2) is 20.4 Å². The van der Waals surface area contributed by atoms with Crippen molar-refractivity contribution in [1.29, 1.82) is 0 Å². The number of rotatable bonds is 7. The highest BCUT2D eigenvalue weighted by Crippen LogP contribution is 2.15. The van der Waals surface area contributed by atoms with E-state index < -0.39 is 44.4 Å². The smallest absolute Gasteiger partial charge is 0.244 e. The Kier molecular flexibility index (Phi) is 6.44. The van der Waals surface area contributed by atoms with E-state index in [0.717, 1.165) is 12.1 Å². The second-order valence-corrected chi connectivity index (χ2v) is 7.77. The van der Waals surface area contributed by atoms with Gasteiger partial charge in [0.15, 0.2) is 0 Å². The van der Waals surface area contributed by atoms with Gasteiger partial charge in [-0.1, -0.05) is 44.2 Å². The maximum atomic E-state index is 13.8. The third-order valence-corrected chi connectivity index (χ3v) is 5.24. The van der Waals surface area contributed by atoms with Crippen molar-refractivity contribution >= 4 is 15.9 Å². The van der Waals surface area contributed by atoms with Gasteiger partial charge in [-0.15, -0.1) is 0 Å². The van der Waals surface area contributed by atoms with Crippen molar-refractivity contribution in [2.45, 2.75) is 31.3 Å². The van der Waals surface area contributed by atoms with Gasteiger partial charge in [-0.05, 0) is 24.1 Å². The third kappa shape index (κ3) is 4.86. The van der Waals surface area contributed by atoms with Crippen molar-refractivity contribution in [3.8, 4) is 0 Å². The summed E-state index contributed by atoms with van der Waals surface area (Å²) in [6.07, 6.45) is 0. The van der Waals surface area contributed by atoms with Crippen LogP contribution >= 0.6 is 0 Å². The van der Waals surface area contributed by atoms with Gasteiger partial charge >= 0.3 is 0 Å². The zero-order valence-corrected chi connectivity index (χ0v) is 15.2. The van der Waals surface area contributed by atoms with Crippen molar-refractivity contribution in [2.24, 2.45) is 5.92 Å². The van der Waals surface area contributed by atoms with Crippen molar-refractivity contribution in [3.63, 3.8) is 0 Å². The van der Waals surface area contributed by atoms with Gasteiger partial charge < -0.3 is 5.32 Å². The quantitative estimate of drug-likeness (QED) is 0.773. The van der Waals surface area contributed by atoms with E-state index in [2.05, 4.69) is 10.0 Å². The Labute approximate surface area is 151 Å². The van der Waals surface area contributed by atoms with Gasteiger partial charge in [-0.2, -0.15) is 4.72 Å². The number of nitrogens with one attached hydrogen (secondary N) is 2. The lowest BCUT2D eigenvalue weighted by molar-refractivity contribution is -0.123. The van der Waals surface area contributed by atoms with E-state index in [9.17, 15) is 22.0 Å². The first kappa shape index (κ1) is 20.0. The minimum atomic E-state index is -4.23. The van der Waals surface area contributed by atoms with Crippen LogP contribution in [-0.2, 0) is 21.4 Å². The normalized spacial score (nSPS) is 12.8. The molecule has 0 saturated heterocycles. The number of sulfonamides is 1. The molecule has 0 spiro atoms. The standard InChI is InChI=1S/C18H20F2N2O3S/c1-12(2)17(18(23)21-11-13-7-3-4-8-14(13)19)22-26(24,25)16-10-6-5-9-15(16)20/h3-10,12,17,22H,11H2,1-2H3,(H,21,23)/t17-/m0/s1. The Morgan fingerprint density at radius 2 is 1.58 bits per heavy atom. The van der Waals surface area contributed by atoms with Crippen LogP contribution in [0.3, 0.4) is 0 Å². The zero-order valence-electron chi connectivity index (χ0n) is 14.4. The molecule has 140 valence electrons. The summed E-state index contributed by atoms with van der Waals surface area (Å²) < 4.78 is 54.5. The van der Waals surface area contributed by atoms with Gasteiger partial charge in [0.2, 0.25) is 15.9 Å². The fraction of sp³-hybridized carbons (Fsp3) is 0.278. The molecule has 2 aromatic carbocycles. The van der Waals surface area contributed by atoms with Gasteiger partial charge in [-0.3, -0.25) is 4.79 Å². The number of carbonyl (C=O) groups excluding carboxylic acids is 1. The highest BCUT2D eigenvalue weighted by Gasteiger charge is 2.29. The van der Waals surface area contributed by atoms with Gasteiger partial charge in [0.1, 0.15) is 22.6 Å². The highest BCUT2D eigenvalue weighted by molar-refractivity contribution is 7.89. The Hall–Kier alpha value is -2.32. The number of benzene rings is 2. The number of halogens is 2. The van der Waals surface area contributed by atoms with Crippen LogP contribution in [0.25, 0.3) is 0 Å². The maximum Gasteiger partial charge on any atom is 0.244 e. The second kappa shape index (κ2) is 8.37. The van der Waals surface area contributed by atoms with Gasteiger partial charge in [-0.25, -0.2) is 17.2 Å². The minimum Gasteiger partial charge on any atom is -0.351 e. The lowest BCUT2D eigenvalue weighted by atomic mass is 10.0. The molecule has 26 heavy (non-hydrogen) atoms. The molecule has 2 N–H and O–H groups in total. The molecule has 0 aliphatic heterocycles. The predicted octanol–water partition coefficient (Wildman–Crippen LogP) is 2.58. The van der Waals surface area contributed by atoms with E-state index in [1.807, 2.05) is 0 Å². The maximum absolute atomic E-state index is 13.8. The Balaban J connectivity index is 2.14. The number of hydrogen-bond donors (Lipinski definition) is 2. The van der Waals surface area contributed by atoms with Crippen molar-refractivity contribution < 1.29 is 22.0 Å². The number of hydrogen-bond acceptors (Lipinski definition) is 3. The molecule has 0 heterocycles. The monoisotopic (exact) mass is 382 g/mol. The summed E-state index contributed by atoms with van der Waals surface area (Å²) in [4.78, 5) is 11.9. The predicted molar refractivity (Wildman–Crippen MR) is 93.6 cm³/mol. The molecule has 0 aromatic heterocycles. The fourth-order valence-corrected chi connectivity index (χ4v) is 3.74. The first-order valence-corrected chi connectivity index (χ1v) is 9.48. The van der Waals surface area contributed by atoms with Crippen molar-refractivity contribution in [2.75, 3.05) is 0 Å². The molecular weight excluding hydrogens is 362 g/mol. The van der Waals surface area contributed by atoms with Gasteiger partial charge in [0.25, 0.3) is 0 Å². The van der Waals surface area contributed by atoms with Crippen LogP contribution in [0.4, 0.5) is 8.78 Å². The lowest BCUT2D eigenvalue weighted by Crippen LogP contribution is -2.49. The average molecular weight is 382 g/mol. The molecule has 0 fully saturated rings. The largest absolute Gasteiger partial charge is 0.351 e. The highest BCUT2D eigenvalue weighted by atomic mass is 32.2. The fourth-order valence-electron chi connectivity index (χ4n) is 2.32. The van der Waals surface area contributed by atoms with Gasteiger partial charge in [0, 0.05) is 12.1 Å². The third-order valence-electron chi connectivity index (χ3n) is 3.77. The molecular formula is C18H20F2N2O3S. The van der Waals surface area contributed by atoms with Crippen LogP contribution < -0.4 is 10.0 Å². The van der Waals surface area contributed by atoms with Crippen molar-refractivity contribution in [1.82, 2.24) is 10.0 Å². The van der Waals surface area contributed by atoms with E-state index in [1.54, 1.807) is 19.9 Å². The van der Waals surface area contributed by atoms with E-state index in [4.69, 9.17) is 0 Å². The first-order chi connectivity index (χ1) is 12.2. The molecule has 0 unspecified atom stereocenters. The number of amides is 1. The summed E-state index contributed by atoms with van der Waals surface area (Å²) in [7, 11) is -4.23. The van der Waals surface area contributed by atoms with Crippen LogP contribution in [0.2, 0.25) is 0 Å². The Morgan fingerprint density at radius 1 is 1.00 bits per heavy atom. The number of carbonyl (C=O) groups is 1. The molecule has 0 aliphatic carbocycles. The summed E-state index contributed by atoms with van der Waals surface area (Å²) in [5, 5.41) is 2.51. The van der Waals surface area contributed by atoms with Crippen LogP contribution in [0.5, 0.6) is 0 Å². The molecule has 2 aromatic rings. The van der Waals surface area contributed by atoms with Crippen LogP contribution in [0, 0.1) is 17.6 Å². The average Bonchev–Trinajstić information content (AvgIpc) is 2.59. The molecule has 5 nitrogen and oxygen atoms in total. The molecule has 8 heteroatoms. The molecule has 1 atom stereocenters. The SMILES string of the molecule is CC(C)[C@H](NS(=O)(=O)c1ccccc1F)C(=O)NCc1ccccc1F. The summed E-state index contributed by atoms with van der Waals surface area (Å²) in [6, 6.07) is 9.71. The van der Waals surface area contributed by atoms with Gasteiger partial charge in [0.05, 0.1) is 0 Å². The van der Waals surface area contributed by atoms with E-state index in [1.165, 1.54) is 30.3 Å². The second-order valence-electron chi connectivity index (χ2n) is 6.08. The Bertz CT molecular complexity index is 886. The summed E-state index contributed by atoms with van der Waals surface area (Å²) >= 11 is 0. The molecule has 0 saturated carbocycles. The molecule has 0 radical (unpaired) electrons. The molecule has 0 bridgehead atoms. The van der Waals surface area contributed by atoms with E-state index in [-0.39, 0.29) is 12.1 Å². The van der Waals surface area contributed by atoms with E-state index in [0.29, 0.717) is 0 Å². The first-order valence-electron chi connectivity index (χ1n) is 8.00. The summed E-state index contributed by atoms with van der Waals surface area (Å²) in [5.41, 5.74) is 0.278. The molecule has 0 aliphatic rings. The van der Waals surface area contributed by atoms with Crippen LogP contribution in [0.15, 0.2) is 53.4 Å². The topological polar surface area (TPSA) is 75.3 Å². The van der Waals surface area contributed by atoms with Crippen molar-refractivity contribution in [3.05, 3.63) is 65.7 Å². The zero-order chi connectivity index (χ0) is 19.3. The lowest BCUT2D eigenvalue weighted by Gasteiger charge is -2.22. The summed E-state index contributed by atoms with van der Waals surface area (Å²) in [6.45, 7) is 3.21.